The summed E-state index contributed by atoms with van der Waals surface area (Å²) in [5.41, 5.74) is 0.605. The molecule has 4 rings (SSSR count). The van der Waals surface area contributed by atoms with E-state index >= 15 is 0 Å². The third-order valence-electron chi connectivity index (χ3n) is 6.10. The number of benzene rings is 4. The predicted molar refractivity (Wildman–Crippen MR) is 136 cm³/mol. The predicted octanol–water partition coefficient (Wildman–Crippen LogP) is 6.96. The van der Waals surface area contributed by atoms with Gasteiger partial charge in [-0.15, -0.1) is 0 Å². The number of hydrogen-bond donors (Lipinski definition) is 2. The molecular weight excluding hydrogens is 483 g/mol. The summed E-state index contributed by atoms with van der Waals surface area (Å²) < 4.78 is 51.1. The van der Waals surface area contributed by atoms with Gasteiger partial charge in [-0.25, -0.2) is 4.79 Å². The quantitative estimate of drug-likeness (QED) is 0.239. The van der Waals surface area contributed by atoms with Gasteiger partial charge in [0, 0.05) is 12.6 Å². The Morgan fingerprint density at radius 3 is 2.46 bits per heavy atom. The number of fused-ring (bicyclic) bond motifs is 1. The summed E-state index contributed by atoms with van der Waals surface area (Å²) in [4.78, 5) is 11.7. The van der Waals surface area contributed by atoms with Gasteiger partial charge in [-0.3, -0.25) is 0 Å². The lowest BCUT2D eigenvalue weighted by molar-refractivity contribution is -0.138. The van der Waals surface area contributed by atoms with Crippen LogP contribution in [0.15, 0.2) is 78.9 Å². The van der Waals surface area contributed by atoms with Crippen molar-refractivity contribution >= 4 is 16.7 Å². The average Bonchev–Trinajstić information content (AvgIpc) is 2.89. The number of nitrogens with one attached hydrogen (secondary N) is 1. The van der Waals surface area contributed by atoms with Gasteiger partial charge in [0.25, 0.3) is 0 Å². The van der Waals surface area contributed by atoms with E-state index in [-0.39, 0.29) is 35.3 Å². The molecule has 4 aromatic carbocycles. The molecule has 0 amide bonds. The molecule has 0 aliphatic carbocycles. The first-order valence-electron chi connectivity index (χ1n) is 11.6. The second-order valence-electron chi connectivity index (χ2n) is 8.56. The number of halogens is 3. The first kappa shape index (κ1) is 26.0. The summed E-state index contributed by atoms with van der Waals surface area (Å²) in [6.07, 6.45) is -4.63. The van der Waals surface area contributed by atoms with Crippen molar-refractivity contribution in [1.82, 2.24) is 5.32 Å². The number of hydrogen-bond acceptors (Lipinski definition) is 4. The number of ether oxygens (including phenoxy) is 2. The molecule has 2 N–H and O–H groups in total. The Morgan fingerprint density at radius 1 is 0.973 bits per heavy atom. The van der Waals surface area contributed by atoms with Crippen LogP contribution < -0.4 is 14.8 Å². The van der Waals surface area contributed by atoms with Crippen molar-refractivity contribution in [3.63, 3.8) is 0 Å². The van der Waals surface area contributed by atoms with Crippen LogP contribution >= 0.6 is 0 Å². The molecule has 0 fully saturated rings. The van der Waals surface area contributed by atoms with E-state index in [0.29, 0.717) is 12.1 Å². The maximum Gasteiger partial charge on any atom is 0.419 e. The molecule has 0 aromatic heterocycles. The van der Waals surface area contributed by atoms with Crippen molar-refractivity contribution in [1.29, 1.82) is 0 Å². The van der Waals surface area contributed by atoms with Crippen molar-refractivity contribution in [2.75, 3.05) is 20.3 Å². The highest BCUT2D eigenvalue weighted by molar-refractivity contribution is 5.90. The normalized spacial score (nSPS) is 12.4. The summed E-state index contributed by atoms with van der Waals surface area (Å²) in [7, 11) is 1.16. The molecule has 0 saturated carbocycles. The number of carbonyl (C=O) groups is 1. The van der Waals surface area contributed by atoms with Crippen LogP contribution in [0, 0.1) is 0 Å². The average molecular weight is 510 g/mol. The van der Waals surface area contributed by atoms with E-state index < -0.39 is 17.7 Å². The molecule has 1 unspecified atom stereocenters. The van der Waals surface area contributed by atoms with E-state index in [4.69, 9.17) is 9.47 Å². The van der Waals surface area contributed by atoms with E-state index in [2.05, 4.69) is 29.6 Å². The van der Waals surface area contributed by atoms with Gasteiger partial charge >= 0.3 is 12.1 Å². The molecule has 0 aliphatic rings. The Bertz CT molecular complexity index is 1410. The van der Waals surface area contributed by atoms with Crippen LogP contribution in [0.3, 0.4) is 0 Å². The zero-order valence-electron chi connectivity index (χ0n) is 20.3. The van der Waals surface area contributed by atoms with E-state index in [1.54, 1.807) is 0 Å². The second kappa shape index (κ2) is 10.9. The van der Waals surface area contributed by atoms with Crippen molar-refractivity contribution in [3.8, 4) is 22.6 Å². The molecular formula is C29H26F3NO4. The number of rotatable bonds is 9. The largest absolute Gasteiger partial charge is 0.496 e. The van der Waals surface area contributed by atoms with E-state index in [0.717, 1.165) is 29.5 Å². The van der Waals surface area contributed by atoms with Crippen molar-refractivity contribution in [3.05, 3.63) is 95.6 Å². The molecule has 4 aromatic rings. The van der Waals surface area contributed by atoms with E-state index in [9.17, 15) is 23.1 Å². The lowest BCUT2D eigenvalue weighted by Crippen LogP contribution is -2.24. The van der Waals surface area contributed by atoms with Crippen LogP contribution in [0.5, 0.6) is 11.5 Å². The fourth-order valence-corrected chi connectivity index (χ4v) is 4.26. The van der Waals surface area contributed by atoms with Crippen LogP contribution in [0.2, 0.25) is 0 Å². The Hall–Kier alpha value is -4.04. The molecule has 192 valence electrons. The summed E-state index contributed by atoms with van der Waals surface area (Å²) in [5.74, 6) is -1.27. The topological polar surface area (TPSA) is 67.8 Å². The lowest BCUT2D eigenvalue weighted by Gasteiger charge is -2.17. The van der Waals surface area contributed by atoms with Gasteiger partial charge in [0.1, 0.15) is 18.1 Å². The highest BCUT2D eigenvalue weighted by atomic mass is 19.4. The SMILES string of the molecule is COc1ccc(-c2cc(OCCNC(C)c3cccc4ccccc34)cc(C(=O)O)c2)cc1C(F)(F)F. The molecule has 0 heterocycles. The third kappa shape index (κ3) is 6.03. The Balaban J connectivity index is 1.50. The summed E-state index contributed by atoms with van der Waals surface area (Å²) in [5, 5.41) is 15.2. The molecule has 5 nitrogen and oxygen atoms in total. The number of alkyl halides is 3. The summed E-state index contributed by atoms with van der Waals surface area (Å²) in [6, 6.07) is 22.1. The second-order valence-corrected chi connectivity index (χ2v) is 8.56. The van der Waals surface area contributed by atoms with Crippen LogP contribution in [-0.2, 0) is 6.18 Å². The minimum absolute atomic E-state index is 0.0377. The van der Waals surface area contributed by atoms with Gasteiger partial charge in [-0.1, -0.05) is 48.5 Å². The van der Waals surface area contributed by atoms with Crippen molar-refractivity contribution < 1.29 is 32.5 Å². The van der Waals surface area contributed by atoms with Crippen LogP contribution in [0.25, 0.3) is 21.9 Å². The maximum absolute atomic E-state index is 13.5. The minimum atomic E-state index is -4.63. The fraction of sp³-hybridized carbons (Fsp3) is 0.207. The maximum atomic E-state index is 13.5. The smallest absolute Gasteiger partial charge is 0.419 e. The molecule has 8 heteroatoms. The van der Waals surface area contributed by atoms with Crippen LogP contribution in [-0.4, -0.2) is 31.3 Å². The number of aromatic carboxylic acids is 1. The molecule has 1 atom stereocenters. The number of carboxylic acid groups (broad SMARTS) is 1. The summed E-state index contributed by atoms with van der Waals surface area (Å²) >= 11 is 0. The molecule has 0 aliphatic heterocycles. The molecule has 0 bridgehead atoms. The highest BCUT2D eigenvalue weighted by Crippen LogP contribution is 2.39. The van der Waals surface area contributed by atoms with E-state index in [1.807, 2.05) is 25.1 Å². The standard InChI is InChI=1S/C29H26F3NO4/c1-18(24-9-5-7-19-6-3-4-8-25(19)24)33-12-13-37-23-15-21(14-22(16-23)28(34)35)20-10-11-27(36-2)26(17-20)29(30,31)32/h3-11,14-18,33H,12-13H2,1-2H3,(H,34,35). The monoisotopic (exact) mass is 509 g/mol. The third-order valence-corrected chi connectivity index (χ3v) is 6.10. The van der Waals surface area contributed by atoms with Gasteiger partial charge < -0.3 is 19.9 Å². The Labute approximate surface area is 212 Å². The summed E-state index contributed by atoms with van der Waals surface area (Å²) in [6.45, 7) is 2.75. The first-order valence-corrected chi connectivity index (χ1v) is 11.6. The van der Waals surface area contributed by atoms with Gasteiger partial charge in [0.2, 0.25) is 0 Å². The zero-order chi connectivity index (χ0) is 26.6. The fourth-order valence-electron chi connectivity index (χ4n) is 4.26. The molecule has 0 spiro atoms. The Kier molecular flexibility index (Phi) is 7.69. The van der Waals surface area contributed by atoms with Gasteiger partial charge in [-0.2, -0.15) is 13.2 Å². The van der Waals surface area contributed by atoms with Crippen LogP contribution in [0.4, 0.5) is 13.2 Å². The number of methoxy groups -OCH3 is 1. The van der Waals surface area contributed by atoms with Gasteiger partial charge in [0.15, 0.2) is 0 Å². The van der Waals surface area contributed by atoms with Gasteiger partial charge in [0.05, 0.1) is 18.2 Å². The zero-order valence-corrected chi connectivity index (χ0v) is 20.3. The highest BCUT2D eigenvalue weighted by Gasteiger charge is 2.34. The van der Waals surface area contributed by atoms with Crippen molar-refractivity contribution in [2.45, 2.75) is 19.1 Å². The number of carboxylic acids is 1. The first-order chi connectivity index (χ1) is 17.7. The molecule has 0 saturated heterocycles. The van der Waals surface area contributed by atoms with E-state index in [1.165, 1.54) is 30.3 Å². The Morgan fingerprint density at radius 2 is 1.73 bits per heavy atom. The molecule has 37 heavy (non-hydrogen) atoms. The van der Waals surface area contributed by atoms with Crippen molar-refractivity contribution in [2.24, 2.45) is 0 Å². The molecule has 0 radical (unpaired) electrons. The minimum Gasteiger partial charge on any atom is -0.496 e. The van der Waals surface area contributed by atoms with Gasteiger partial charge in [-0.05, 0) is 64.7 Å². The lowest BCUT2D eigenvalue weighted by atomic mass is 9.99. The van der Waals surface area contributed by atoms with Crippen LogP contribution in [0.1, 0.15) is 34.5 Å².